The largest absolute Gasteiger partial charge is 0.462 e. The van der Waals surface area contributed by atoms with E-state index < -0.39 is 6.10 Å². The second-order valence-corrected chi connectivity index (χ2v) is 18.5. The molecule has 66 heavy (non-hydrogen) atoms. The highest BCUT2D eigenvalue weighted by Crippen LogP contribution is 2.15. The summed E-state index contributed by atoms with van der Waals surface area (Å²) in [6, 6.07) is 0. The van der Waals surface area contributed by atoms with Crippen LogP contribution in [0.1, 0.15) is 265 Å². The minimum atomic E-state index is -0.579. The number of hydrogen-bond donors (Lipinski definition) is 0. The maximum absolute atomic E-state index is 12.8. The fourth-order valence-corrected chi connectivity index (χ4v) is 7.78. The molecule has 1 unspecified atom stereocenters. The van der Waals surface area contributed by atoms with Crippen LogP contribution in [0.5, 0.6) is 0 Å². The molecule has 0 aliphatic carbocycles. The average molecular weight is 920 g/mol. The second kappa shape index (κ2) is 56.4. The summed E-state index contributed by atoms with van der Waals surface area (Å²) in [6.07, 6.45) is 74.8. The fourth-order valence-electron chi connectivity index (χ4n) is 7.78. The maximum Gasteiger partial charge on any atom is 0.306 e. The van der Waals surface area contributed by atoms with Crippen molar-refractivity contribution in [2.24, 2.45) is 0 Å². The molecule has 0 fully saturated rings. The number of carbonyl (C=O) groups is 2. The van der Waals surface area contributed by atoms with Gasteiger partial charge in [-0.3, -0.25) is 9.59 Å². The first-order valence-electron chi connectivity index (χ1n) is 28.1. The van der Waals surface area contributed by atoms with Crippen LogP contribution in [0.3, 0.4) is 0 Å². The van der Waals surface area contributed by atoms with E-state index in [0.717, 1.165) is 77.0 Å². The molecule has 5 nitrogen and oxygen atoms in total. The Labute approximate surface area is 409 Å². The lowest BCUT2D eigenvalue weighted by Crippen LogP contribution is -2.30. The molecular weight excluding hydrogens is 813 g/mol. The molecule has 0 saturated heterocycles. The number of ether oxygens (including phenoxy) is 3. The summed E-state index contributed by atoms with van der Waals surface area (Å²) in [5, 5.41) is 0. The highest BCUT2D eigenvalue weighted by Gasteiger charge is 2.17. The zero-order valence-corrected chi connectivity index (χ0v) is 43.7. The number of esters is 2. The summed E-state index contributed by atoms with van der Waals surface area (Å²) >= 11 is 0. The number of rotatable bonds is 51. The Morgan fingerprint density at radius 1 is 0.348 bits per heavy atom. The van der Waals surface area contributed by atoms with Gasteiger partial charge in [-0.1, -0.05) is 254 Å². The Morgan fingerprint density at radius 2 is 0.682 bits per heavy atom. The minimum Gasteiger partial charge on any atom is -0.462 e. The molecule has 1 atom stereocenters. The van der Waals surface area contributed by atoms with Crippen molar-refractivity contribution in [1.29, 1.82) is 0 Å². The summed E-state index contributed by atoms with van der Waals surface area (Å²) in [4.78, 5) is 25.5. The third-order valence-electron chi connectivity index (χ3n) is 11.9. The van der Waals surface area contributed by atoms with Crippen molar-refractivity contribution in [3.8, 4) is 0 Å². The van der Waals surface area contributed by atoms with Crippen molar-refractivity contribution >= 4 is 11.9 Å². The minimum absolute atomic E-state index is 0.0526. The van der Waals surface area contributed by atoms with Crippen LogP contribution in [0, 0.1) is 0 Å². The maximum atomic E-state index is 12.8. The molecule has 0 heterocycles. The molecule has 0 rings (SSSR count). The molecular formula is C61H106O5. The Bertz CT molecular complexity index is 1220. The molecule has 0 aromatic carbocycles. The molecule has 0 aliphatic heterocycles. The van der Waals surface area contributed by atoms with Gasteiger partial charge in [-0.25, -0.2) is 0 Å². The van der Waals surface area contributed by atoms with Crippen LogP contribution in [-0.2, 0) is 23.8 Å². The molecule has 0 amide bonds. The van der Waals surface area contributed by atoms with E-state index in [-0.39, 0.29) is 25.2 Å². The quantitative estimate of drug-likeness (QED) is 0.0346. The van der Waals surface area contributed by atoms with E-state index in [9.17, 15) is 9.59 Å². The summed E-state index contributed by atoms with van der Waals surface area (Å²) in [7, 11) is 0. The molecule has 0 aromatic rings. The van der Waals surface area contributed by atoms with E-state index in [2.05, 4.69) is 106 Å². The molecule has 380 valence electrons. The fraction of sp³-hybridized carbons (Fsp3) is 0.738. The van der Waals surface area contributed by atoms with Crippen LogP contribution >= 0.6 is 0 Å². The molecule has 0 aliphatic rings. The van der Waals surface area contributed by atoms with Crippen molar-refractivity contribution in [1.82, 2.24) is 0 Å². The van der Waals surface area contributed by atoms with Crippen LogP contribution in [0.15, 0.2) is 85.1 Å². The lowest BCUT2D eigenvalue weighted by atomic mass is 10.0. The molecule has 0 spiro atoms. The molecule has 5 heteroatoms. The summed E-state index contributed by atoms with van der Waals surface area (Å²) in [5.74, 6) is -0.435. The van der Waals surface area contributed by atoms with Gasteiger partial charge in [-0.05, 0) is 83.5 Å². The molecule has 0 aromatic heterocycles. The summed E-state index contributed by atoms with van der Waals surface area (Å²) in [6.45, 7) is 7.50. The number of hydrogen-bond acceptors (Lipinski definition) is 5. The summed E-state index contributed by atoms with van der Waals surface area (Å²) in [5.41, 5.74) is 0. The van der Waals surface area contributed by atoms with Gasteiger partial charge < -0.3 is 14.2 Å². The van der Waals surface area contributed by atoms with Crippen LogP contribution in [0.4, 0.5) is 0 Å². The normalized spacial score (nSPS) is 12.8. The van der Waals surface area contributed by atoms with Gasteiger partial charge in [0.15, 0.2) is 6.10 Å². The van der Waals surface area contributed by atoms with Crippen molar-refractivity contribution in [2.75, 3.05) is 19.8 Å². The Kier molecular flexibility index (Phi) is 53.9. The zero-order valence-electron chi connectivity index (χ0n) is 43.7. The van der Waals surface area contributed by atoms with Gasteiger partial charge in [0.25, 0.3) is 0 Å². The molecule has 0 N–H and O–H groups in total. The van der Waals surface area contributed by atoms with E-state index in [4.69, 9.17) is 14.2 Å². The first kappa shape index (κ1) is 63.1. The van der Waals surface area contributed by atoms with Crippen molar-refractivity contribution in [3.63, 3.8) is 0 Å². The topological polar surface area (TPSA) is 61.8 Å². The Balaban J connectivity index is 4.35. The summed E-state index contributed by atoms with van der Waals surface area (Å²) < 4.78 is 17.4. The highest BCUT2D eigenvalue weighted by molar-refractivity contribution is 5.70. The van der Waals surface area contributed by atoms with E-state index in [0.29, 0.717) is 19.4 Å². The van der Waals surface area contributed by atoms with Crippen LogP contribution in [0.25, 0.3) is 0 Å². The van der Waals surface area contributed by atoms with Crippen LogP contribution < -0.4 is 0 Å². The van der Waals surface area contributed by atoms with E-state index in [1.54, 1.807) is 0 Å². The van der Waals surface area contributed by atoms with Gasteiger partial charge >= 0.3 is 11.9 Å². The number of unbranched alkanes of at least 4 members (excludes halogenated alkanes) is 26. The van der Waals surface area contributed by atoms with Crippen LogP contribution in [0.2, 0.25) is 0 Å². The first-order chi connectivity index (χ1) is 32.6. The number of allylic oxidation sites excluding steroid dienone is 13. The first-order valence-corrected chi connectivity index (χ1v) is 28.1. The average Bonchev–Trinajstić information content (AvgIpc) is 3.32. The predicted octanol–water partition coefficient (Wildman–Crippen LogP) is 19.2. The lowest BCUT2D eigenvalue weighted by molar-refractivity contribution is -0.162. The SMILES string of the molecule is CC/C=C\C/C=C\C/C=C\C/C=C\C/C=C\CCOCC(COC(=O)CCCCCCCCCCC/C=C\C/C=C\CCCCC)OC(=O)CCCCCCCCCCCCCCCCC. The van der Waals surface area contributed by atoms with Gasteiger partial charge in [-0.2, -0.15) is 0 Å². The van der Waals surface area contributed by atoms with Crippen LogP contribution in [-0.4, -0.2) is 37.9 Å². The monoisotopic (exact) mass is 919 g/mol. The Morgan fingerprint density at radius 3 is 1.12 bits per heavy atom. The molecule has 0 bridgehead atoms. The van der Waals surface area contributed by atoms with Crippen molar-refractivity contribution in [2.45, 2.75) is 271 Å². The van der Waals surface area contributed by atoms with E-state index >= 15 is 0 Å². The third-order valence-corrected chi connectivity index (χ3v) is 11.9. The highest BCUT2D eigenvalue weighted by atomic mass is 16.6. The number of carbonyl (C=O) groups excluding carboxylic acids is 2. The van der Waals surface area contributed by atoms with Gasteiger partial charge in [0, 0.05) is 12.8 Å². The Hall–Kier alpha value is -2.92. The van der Waals surface area contributed by atoms with E-state index in [1.807, 2.05) is 0 Å². The van der Waals surface area contributed by atoms with Crippen molar-refractivity contribution in [3.05, 3.63) is 85.1 Å². The zero-order chi connectivity index (χ0) is 47.7. The molecule has 0 radical (unpaired) electrons. The van der Waals surface area contributed by atoms with Gasteiger partial charge in [0.1, 0.15) is 6.61 Å². The second-order valence-electron chi connectivity index (χ2n) is 18.5. The predicted molar refractivity (Wildman–Crippen MR) is 288 cm³/mol. The van der Waals surface area contributed by atoms with Gasteiger partial charge in [0.2, 0.25) is 0 Å². The molecule has 0 saturated carbocycles. The smallest absolute Gasteiger partial charge is 0.306 e. The van der Waals surface area contributed by atoms with Gasteiger partial charge in [0.05, 0.1) is 13.2 Å². The van der Waals surface area contributed by atoms with Gasteiger partial charge in [-0.15, -0.1) is 0 Å². The standard InChI is InChI=1S/C61H106O5/c1-4-7-10-13-16-19-22-25-28-30-31-32-34-36-39-42-45-48-51-54-60(62)65-58-59(57-64-56-53-50-47-44-41-38-35-29-26-23-20-17-14-11-8-5-2)66-61(63)55-52-49-46-43-40-37-33-27-24-21-18-15-12-9-6-3/h8,11,16-17,19-20,25-26,28-29,38,41,47,50,59H,4-7,9-10,12-15,18,21-24,27,30-37,39-40,42-46,48-49,51-58H2,1-3H3/b11-8-,19-16-,20-17-,28-25-,29-26-,41-38-,50-47-. The third kappa shape index (κ3) is 53.7. The van der Waals surface area contributed by atoms with E-state index in [1.165, 1.54) is 154 Å². The lowest BCUT2D eigenvalue weighted by Gasteiger charge is -2.18. The van der Waals surface area contributed by atoms with Crippen molar-refractivity contribution < 1.29 is 23.8 Å².